The van der Waals surface area contributed by atoms with Crippen molar-refractivity contribution in [3.63, 3.8) is 0 Å². The van der Waals surface area contributed by atoms with Gasteiger partial charge in [0.25, 0.3) is 0 Å². The zero-order valence-electron chi connectivity index (χ0n) is 26.1. The summed E-state index contributed by atoms with van der Waals surface area (Å²) in [6, 6.07) is 56.4. The zero-order chi connectivity index (χ0) is 33.7. The minimum absolute atomic E-state index is 0.525. The quantitative estimate of drug-likeness (QED) is 0.175. The fourth-order valence-corrected chi connectivity index (χ4v) is 8.60. The molecule has 2 aromatic heterocycles. The molecule has 0 saturated carbocycles. The predicted molar refractivity (Wildman–Crippen MR) is 221 cm³/mol. The van der Waals surface area contributed by atoms with Gasteiger partial charge in [0.2, 0.25) is 0 Å². The predicted octanol–water partition coefficient (Wildman–Crippen LogP) is 12.3. The number of benzene rings is 7. The van der Waals surface area contributed by atoms with Crippen molar-refractivity contribution in [2.75, 3.05) is 0 Å². The highest BCUT2D eigenvalue weighted by Gasteiger charge is 2.10. The number of fused-ring (bicyclic) bond motifs is 6. The Kier molecular flexibility index (Phi) is 10.4. The lowest BCUT2D eigenvalue weighted by Gasteiger charge is -2.03. The Bertz CT molecular complexity index is 2350. The Morgan fingerprint density at radius 3 is 1.08 bits per heavy atom. The van der Waals surface area contributed by atoms with Gasteiger partial charge in [0.1, 0.15) is 0 Å². The van der Waals surface area contributed by atoms with Crippen molar-refractivity contribution < 1.29 is 10.0 Å². The van der Waals surface area contributed by atoms with Gasteiger partial charge in [-0.05, 0) is 88.4 Å². The van der Waals surface area contributed by atoms with Crippen molar-refractivity contribution in [1.82, 2.24) is 0 Å². The third-order valence-electron chi connectivity index (χ3n) is 8.17. The molecular formula is C42H29BBr2O2S2. The fourth-order valence-electron chi connectivity index (χ4n) is 5.74. The smallest absolute Gasteiger partial charge is 0.423 e. The first-order valence-corrected chi connectivity index (χ1v) is 18.9. The molecule has 49 heavy (non-hydrogen) atoms. The lowest BCUT2D eigenvalue weighted by atomic mass is 9.81. The SMILES string of the molecule is Brc1ccc2sc3ccc(Br)cc3c2c1.OB(O)c1ccccc1.c1ccc(-c2ccc3sc4ccc(-c5ccccc5)cc4c3c2)cc1. The molecule has 2 N–H and O–H groups in total. The average molecular weight is 800 g/mol. The topological polar surface area (TPSA) is 40.5 Å². The molecule has 0 amide bonds. The van der Waals surface area contributed by atoms with E-state index in [2.05, 4.69) is 165 Å². The summed E-state index contributed by atoms with van der Waals surface area (Å²) in [6.07, 6.45) is 0. The van der Waals surface area contributed by atoms with Crippen molar-refractivity contribution in [1.29, 1.82) is 0 Å². The first kappa shape index (κ1) is 33.4. The molecule has 0 atom stereocenters. The Labute approximate surface area is 310 Å². The fraction of sp³-hybridized carbons (Fsp3) is 0. The van der Waals surface area contributed by atoms with Gasteiger partial charge >= 0.3 is 7.12 Å². The Hall–Kier alpha value is -4.08. The highest BCUT2D eigenvalue weighted by Crippen LogP contribution is 2.39. The summed E-state index contributed by atoms with van der Waals surface area (Å²) in [5.41, 5.74) is 5.61. The van der Waals surface area contributed by atoms with Gasteiger partial charge < -0.3 is 10.0 Å². The van der Waals surface area contributed by atoms with Crippen molar-refractivity contribution in [2.45, 2.75) is 0 Å². The molecule has 0 radical (unpaired) electrons. The summed E-state index contributed by atoms with van der Waals surface area (Å²) >= 11 is 10.7. The standard InChI is InChI=1S/C24H16S.C12H6Br2S.C6H7BO2/c1-3-7-17(8-4-1)19-11-13-23-21(15-19)22-16-20(12-14-24(22)25-23)18-9-5-2-6-10-18;13-7-1-3-11-9(5-7)10-6-8(14)2-4-12(10)15-11;8-7(9)6-4-2-1-3-5-6/h1-16H;1-6H;1-5,8-9H. The molecule has 238 valence electrons. The van der Waals surface area contributed by atoms with Crippen LogP contribution in [0.1, 0.15) is 0 Å². The summed E-state index contributed by atoms with van der Waals surface area (Å²) in [5, 5.41) is 22.5. The van der Waals surface area contributed by atoms with E-state index in [9.17, 15) is 0 Å². The van der Waals surface area contributed by atoms with Crippen LogP contribution < -0.4 is 5.46 Å². The molecule has 0 saturated heterocycles. The Morgan fingerprint density at radius 2 is 0.714 bits per heavy atom. The molecule has 0 aliphatic rings. The first-order chi connectivity index (χ1) is 23.9. The van der Waals surface area contributed by atoms with Crippen LogP contribution >= 0.6 is 54.5 Å². The minimum Gasteiger partial charge on any atom is -0.423 e. The minimum atomic E-state index is -1.34. The number of thiophene rings is 2. The lowest BCUT2D eigenvalue weighted by Crippen LogP contribution is -2.29. The molecule has 9 rings (SSSR count). The van der Waals surface area contributed by atoms with E-state index in [4.69, 9.17) is 10.0 Å². The van der Waals surface area contributed by atoms with Crippen LogP contribution in [0.5, 0.6) is 0 Å². The summed E-state index contributed by atoms with van der Waals surface area (Å²) in [5.74, 6) is 0. The molecular weight excluding hydrogens is 771 g/mol. The van der Waals surface area contributed by atoms with Crippen LogP contribution in [-0.4, -0.2) is 17.2 Å². The summed E-state index contributed by atoms with van der Waals surface area (Å²) in [6.45, 7) is 0. The van der Waals surface area contributed by atoms with E-state index in [1.165, 1.54) is 62.6 Å². The molecule has 0 fully saturated rings. The molecule has 0 unspecified atom stereocenters. The second-order valence-electron chi connectivity index (χ2n) is 11.4. The number of rotatable bonds is 3. The van der Waals surface area contributed by atoms with E-state index < -0.39 is 7.12 Å². The summed E-state index contributed by atoms with van der Waals surface area (Å²) in [4.78, 5) is 0. The van der Waals surface area contributed by atoms with E-state index in [0.29, 0.717) is 5.46 Å². The van der Waals surface area contributed by atoms with Gasteiger partial charge in [-0.3, -0.25) is 0 Å². The second kappa shape index (κ2) is 15.2. The summed E-state index contributed by atoms with van der Waals surface area (Å²) in [7, 11) is -1.34. The van der Waals surface area contributed by atoms with Crippen LogP contribution in [0.25, 0.3) is 62.6 Å². The maximum Gasteiger partial charge on any atom is 0.488 e. The Morgan fingerprint density at radius 1 is 0.367 bits per heavy atom. The van der Waals surface area contributed by atoms with Gasteiger partial charge in [-0.15, -0.1) is 22.7 Å². The van der Waals surface area contributed by atoms with Gasteiger partial charge in [-0.2, -0.15) is 0 Å². The Balaban J connectivity index is 0.000000133. The maximum absolute atomic E-state index is 8.58. The van der Waals surface area contributed by atoms with Gasteiger partial charge in [0.05, 0.1) is 0 Å². The zero-order valence-corrected chi connectivity index (χ0v) is 30.9. The molecule has 0 spiro atoms. The third-order valence-corrected chi connectivity index (χ3v) is 11.5. The normalized spacial score (nSPS) is 10.9. The molecule has 2 nitrogen and oxygen atoms in total. The molecule has 9 aromatic rings. The van der Waals surface area contributed by atoms with E-state index in [-0.39, 0.29) is 0 Å². The van der Waals surface area contributed by atoms with E-state index in [0.717, 1.165) is 8.95 Å². The lowest BCUT2D eigenvalue weighted by molar-refractivity contribution is 0.426. The van der Waals surface area contributed by atoms with E-state index >= 15 is 0 Å². The van der Waals surface area contributed by atoms with E-state index in [1.54, 1.807) is 24.3 Å². The van der Waals surface area contributed by atoms with Crippen LogP contribution in [0.2, 0.25) is 0 Å². The molecule has 7 heteroatoms. The van der Waals surface area contributed by atoms with Gasteiger partial charge in [0.15, 0.2) is 0 Å². The van der Waals surface area contributed by atoms with Crippen molar-refractivity contribution in [2.24, 2.45) is 0 Å². The van der Waals surface area contributed by atoms with Gasteiger partial charge in [-0.25, -0.2) is 0 Å². The highest BCUT2D eigenvalue weighted by molar-refractivity contribution is 9.10. The van der Waals surface area contributed by atoms with Crippen LogP contribution in [0.3, 0.4) is 0 Å². The van der Waals surface area contributed by atoms with Crippen molar-refractivity contribution >= 4 is 107 Å². The molecule has 0 bridgehead atoms. The van der Waals surface area contributed by atoms with Crippen LogP contribution in [-0.2, 0) is 0 Å². The molecule has 7 aromatic carbocycles. The number of halogens is 2. The average Bonchev–Trinajstić information content (AvgIpc) is 3.70. The number of hydrogen-bond donors (Lipinski definition) is 2. The second-order valence-corrected chi connectivity index (χ2v) is 15.4. The molecule has 0 aliphatic carbocycles. The summed E-state index contributed by atoms with van der Waals surface area (Å²) < 4.78 is 7.64. The maximum atomic E-state index is 8.58. The van der Waals surface area contributed by atoms with Gasteiger partial charge in [0, 0.05) is 49.3 Å². The number of hydrogen-bond acceptors (Lipinski definition) is 4. The highest BCUT2D eigenvalue weighted by atomic mass is 79.9. The van der Waals surface area contributed by atoms with Crippen LogP contribution in [0, 0.1) is 0 Å². The van der Waals surface area contributed by atoms with Gasteiger partial charge in [-0.1, -0.05) is 135 Å². The third kappa shape index (κ3) is 7.73. The molecule has 2 heterocycles. The van der Waals surface area contributed by atoms with Crippen LogP contribution in [0.15, 0.2) is 173 Å². The van der Waals surface area contributed by atoms with E-state index in [1.807, 2.05) is 28.7 Å². The van der Waals surface area contributed by atoms with Crippen molar-refractivity contribution in [3.05, 3.63) is 173 Å². The monoisotopic (exact) mass is 798 g/mol. The molecule has 0 aliphatic heterocycles. The van der Waals surface area contributed by atoms with Crippen LogP contribution in [0.4, 0.5) is 0 Å². The largest absolute Gasteiger partial charge is 0.488 e. The van der Waals surface area contributed by atoms with Crippen molar-refractivity contribution in [3.8, 4) is 22.3 Å². The first-order valence-electron chi connectivity index (χ1n) is 15.7.